The third-order valence-electron chi connectivity index (χ3n) is 3.17. The minimum atomic E-state index is -0.761. The van der Waals surface area contributed by atoms with Crippen molar-refractivity contribution in [2.24, 2.45) is 11.7 Å². The molecule has 2 atom stereocenters. The topological polar surface area (TPSA) is 84.6 Å². The Balaban J connectivity index is 2.48. The molecule has 0 saturated carbocycles. The van der Waals surface area contributed by atoms with Gasteiger partial charge >= 0.3 is 0 Å². The van der Waals surface area contributed by atoms with E-state index in [0.717, 1.165) is 11.3 Å². The molecule has 5 nitrogen and oxygen atoms in total. The molecule has 0 aromatic heterocycles. The van der Waals surface area contributed by atoms with Crippen molar-refractivity contribution in [3.05, 3.63) is 29.8 Å². The highest BCUT2D eigenvalue weighted by atomic mass is 16.5. The van der Waals surface area contributed by atoms with Crippen LogP contribution < -0.4 is 15.8 Å². The number of amides is 1. The van der Waals surface area contributed by atoms with E-state index in [0.29, 0.717) is 12.3 Å². The summed E-state index contributed by atoms with van der Waals surface area (Å²) >= 11 is 0. The largest absolute Gasteiger partial charge is 0.491 e. The Morgan fingerprint density at radius 1 is 1.23 bits per heavy atom. The number of ether oxygens (including phenoxy) is 1. The Labute approximate surface area is 132 Å². The average Bonchev–Trinajstić information content (AvgIpc) is 2.43. The molecule has 0 aliphatic rings. The van der Waals surface area contributed by atoms with Crippen molar-refractivity contribution >= 4 is 5.91 Å². The van der Waals surface area contributed by atoms with Gasteiger partial charge in [0.15, 0.2) is 0 Å². The second-order valence-electron chi connectivity index (χ2n) is 6.23. The van der Waals surface area contributed by atoms with Crippen LogP contribution in [0.3, 0.4) is 0 Å². The van der Waals surface area contributed by atoms with Gasteiger partial charge in [-0.15, -0.1) is 0 Å². The lowest BCUT2D eigenvalue weighted by Gasteiger charge is -2.17. The predicted molar refractivity (Wildman–Crippen MR) is 87.6 cm³/mol. The molecule has 1 aromatic carbocycles. The lowest BCUT2D eigenvalue weighted by Crippen LogP contribution is -2.42. The van der Waals surface area contributed by atoms with Crippen molar-refractivity contribution in [2.75, 3.05) is 6.54 Å². The number of nitrogens with one attached hydrogen (secondary N) is 1. The molecule has 0 bridgehead atoms. The summed E-state index contributed by atoms with van der Waals surface area (Å²) in [6, 6.07) is 6.68. The highest BCUT2D eigenvalue weighted by Crippen LogP contribution is 2.18. The van der Waals surface area contributed by atoms with Crippen LogP contribution in [0.15, 0.2) is 24.3 Å². The molecule has 0 aliphatic heterocycles. The average molecular weight is 308 g/mol. The minimum Gasteiger partial charge on any atom is -0.491 e. The van der Waals surface area contributed by atoms with E-state index in [9.17, 15) is 9.90 Å². The van der Waals surface area contributed by atoms with E-state index >= 15 is 0 Å². The van der Waals surface area contributed by atoms with E-state index < -0.39 is 12.1 Å². The predicted octanol–water partition coefficient (Wildman–Crippen LogP) is 2.00. The van der Waals surface area contributed by atoms with Crippen molar-refractivity contribution < 1.29 is 14.6 Å². The Morgan fingerprint density at radius 2 is 1.82 bits per heavy atom. The molecule has 0 fully saturated rings. The van der Waals surface area contributed by atoms with Gasteiger partial charge in [-0.1, -0.05) is 26.0 Å². The zero-order valence-electron chi connectivity index (χ0n) is 13.9. The lowest BCUT2D eigenvalue weighted by molar-refractivity contribution is -0.123. The normalized spacial score (nSPS) is 14.0. The smallest absolute Gasteiger partial charge is 0.237 e. The Morgan fingerprint density at radius 3 is 2.32 bits per heavy atom. The third kappa shape index (κ3) is 6.45. The van der Waals surface area contributed by atoms with Gasteiger partial charge in [0, 0.05) is 6.54 Å². The van der Waals surface area contributed by atoms with Crippen LogP contribution in [0.25, 0.3) is 0 Å². The van der Waals surface area contributed by atoms with Crippen LogP contribution in [0, 0.1) is 5.92 Å². The monoisotopic (exact) mass is 308 g/mol. The number of hydrogen-bond donors (Lipinski definition) is 3. The number of carbonyl (C=O) groups is 1. The molecule has 1 amide bonds. The summed E-state index contributed by atoms with van der Waals surface area (Å²) in [6.45, 7) is 8.10. The Bertz CT molecular complexity index is 457. The molecule has 1 unspecified atom stereocenters. The van der Waals surface area contributed by atoms with Gasteiger partial charge in [-0.25, -0.2) is 0 Å². The molecule has 1 rings (SSSR count). The van der Waals surface area contributed by atoms with Crippen molar-refractivity contribution in [1.29, 1.82) is 0 Å². The molecule has 0 saturated heterocycles. The van der Waals surface area contributed by atoms with Crippen LogP contribution in [0.1, 0.15) is 45.8 Å². The first-order valence-electron chi connectivity index (χ1n) is 7.77. The highest BCUT2D eigenvalue weighted by molar-refractivity contribution is 5.81. The summed E-state index contributed by atoms with van der Waals surface area (Å²) in [6.07, 6.45) is -0.0239. The molecule has 1 aromatic rings. The van der Waals surface area contributed by atoms with Gasteiger partial charge in [0.2, 0.25) is 5.91 Å². The van der Waals surface area contributed by atoms with Gasteiger partial charge in [-0.3, -0.25) is 4.79 Å². The summed E-state index contributed by atoms with van der Waals surface area (Å²) in [5, 5.41) is 12.8. The molecular formula is C17H28N2O3. The number of aliphatic hydroxyl groups excluding tert-OH is 1. The fourth-order valence-corrected chi connectivity index (χ4v) is 2.10. The van der Waals surface area contributed by atoms with Crippen molar-refractivity contribution in [3.8, 4) is 5.75 Å². The molecule has 5 heteroatoms. The molecule has 124 valence electrons. The highest BCUT2D eigenvalue weighted by Gasteiger charge is 2.16. The Kier molecular flexibility index (Phi) is 7.35. The molecule has 0 radical (unpaired) electrons. The molecule has 22 heavy (non-hydrogen) atoms. The first kappa shape index (κ1) is 18.5. The van der Waals surface area contributed by atoms with Crippen LogP contribution in [-0.4, -0.2) is 29.7 Å². The van der Waals surface area contributed by atoms with E-state index in [1.54, 1.807) is 12.1 Å². The maximum absolute atomic E-state index is 11.8. The van der Waals surface area contributed by atoms with Gasteiger partial charge < -0.3 is 20.9 Å². The van der Waals surface area contributed by atoms with E-state index in [2.05, 4.69) is 5.32 Å². The van der Waals surface area contributed by atoms with Crippen LogP contribution in [0.2, 0.25) is 0 Å². The van der Waals surface area contributed by atoms with Crippen molar-refractivity contribution in [3.63, 3.8) is 0 Å². The number of rotatable bonds is 8. The quantitative estimate of drug-likeness (QED) is 0.686. The number of benzene rings is 1. The zero-order chi connectivity index (χ0) is 16.7. The van der Waals surface area contributed by atoms with Gasteiger partial charge in [0.1, 0.15) is 5.75 Å². The summed E-state index contributed by atoms with van der Waals surface area (Å²) in [5.41, 5.74) is 6.53. The fraction of sp³-hybridized carbons (Fsp3) is 0.588. The minimum absolute atomic E-state index is 0.109. The lowest BCUT2D eigenvalue weighted by atomic mass is 10.0. The van der Waals surface area contributed by atoms with E-state index in [4.69, 9.17) is 10.5 Å². The van der Waals surface area contributed by atoms with Crippen LogP contribution >= 0.6 is 0 Å². The first-order valence-corrected chi connectivity index (χ1v) is 7.77. The van der Waals surface area contributed by atoms with Gasteiger partial charge in [0.25, 0.3) is 0 Å². The first-order chi connectivity index (χ1) is 10.3. The van der Waals surface area contributed by atoms with Gasteiger partial charge in [0.05, 0.1) is 18.2 Å². The maximum Gasteiger partial charge on any atom is 0.237 e. The Hall–Kier alpha value is -1.59. The van der Waals surface area contributed by atoms with Crippen molar-refractivity contribution in [2.45, 2.75) is 52.4 Å². The summed E-state index contributed by atoms with van der Waals surface area (Å²) in [5.74, 6) is 0.889. The molecule has 0 spiro atoms. The second-order valence-corrected chi connectivity index (χ2v) is 6.23. The zero-order valence-corrected chi connectivity index (χ0v) is 13.9. The van der Waals surface area contributed by atoms with E-state index in [1.165, 1.54) is 0 Å². The van der Waals surface area contributed by atoms with E-state index in [1.807, 2.05) is 39.8 Å². The van der Waals surface area contributed by atoms with Gasteiger partial charge in [-0.05, 0) is 43.9 Å². The molecule has 4 N–H and O–H groups in total. The van der Waals surface area contributed by atoms with Crippen LogP contribution in [0.5, 0.6) is 5.75 Å². The number of aliphatic hydroxyl groups is 1. The summed E-state index contributed by atoms with van der Waals surface area (Å²) in [4.78, 5) is 11.8. The molecule has 0 heterocycles. The molecular weight excluding hydrogens is 280 g/mol. The third-order valence-corrected chi connectivity index (χ3v) is 3.17. The summed E-state index contributed by atoms with van der Waals surface area (Å²) in [7, 11) is 0. The standard InChI is InChI=1S/C17H28N2O3/c1-11(2)9-15(18)17(21)19-10-16(20)13-5-7-14(8-6-13)22-12(3)4/h5-8,11-12,15-16,20H,9-10,18H2,1-4H3,(H,19,21)/t15-,16?/m0/s1. The van der Waals surface area contributed by atoms with Crippen molar-refractivity contribution in [1.82, 2.24) is 5.32 Å². The number of nitrogens with two attached hydrogens (primary N) is 1. The SMILES string of the molecule is CC(C)C[C@H](N)C(=O)NCC(O)c1ccc(OC(C)C)cc1. The number of hydrogen-bond acceptors (Lipinski definition) is 4. The maximum atomic E-state index is 11.8. The van der Waals surface area contributed by atoms with Gasteiger partial charge in [-0.2, -0.15) is 0 Å². The van der Waals surface area contributed by atoms with E-state index in [-0.39, 0.29) is 18.6 Å². The molecule has 0 aliphatic carbocycles. The van der Waals surface area contributed by atoms with Crippen LogP contribution in [0.4, 0.5) is 0 Å². The number of carbonyl (C=O) groups excluding carboxylic acids is 1. The summed E-state index contributed by atoms with van der Waals surface area (Å²) < 4.78 is 5.55. The fourth-order valence-electron chi connectivity index (χ4n) is 2.10. The second kappa shape index (κ2) is 8.76. The van der Waals surface area contributed by atoms with Crippen LogP contribution in [-0.2, 0) is 4.79 Å².